The highest BCUT2D eigenvalue weighted by Gasteiger charge is 2.26. The first-order valence-electron chi connectivity index (χ1n) is 4.12. The van der Waals surface area contributed by atoms with E-state index in [1.54, 1.807) is 6.92 Å². The molecular formula is C8H13NO3. The number of carbonyl (C=O) groups is 2. The van der Waals surface area contributed by atoms with E-state index >= 15 is 0 Å². The molecule has 4 heteroatoms. The van der Waals surface area contributed by atoms with E-state index in [1.807, 2.05) is 0 Å². The number of nitrogens with zero attached hydrogens (tertiary/aromatic N) is 1. The van der Waals surface area contributed by atoms with Gasteiger partial charge < -0.3 is 5.11 Å². The number of amides is 2. The van der Waals surface area contributed by atoms with E-state index in [0.717, 1.165) is 4.90 Å². The van der Waals surface area contributed by atoms with E-state index in [-0.39, 0.29) is 18.4 Å². The largest absolute Gasteiger partial charge is 0.392 e. The molecule has 1 fully saturated rings. The van der Waals surface area contributed by atoms with E-state index in [9.17, 15) is 9.59 Å². The quantitative estimate of drug-likeness (QED) is 0.590. The van der Waals surface area contributed by atoms with E-state index < -0.39 is 6.10 Å². The number of carbonyl (C=O) groups excluding carboxylic acids is 2. The van der Waals surface area contributed by atoms with Crippen LogP contribution in [0.1, 0.15) is 26.2 Å². The molecule has 1 aliphatic heterocycles. The molecule has 0 aromatic rings. The minimum Gasteiger partial charge on any atom is -0.392 e. The van der Waals surface area contributed by atoms with Crippen molar-refractivity contribution in [3.05, 3.63) is 0 Å². The summed E-state index contributed by atoms with van der Waals surface area (Å²) in [7, 11) is 0. The first-order chi connectivity index (χ1) is 5.61. The fraction of sp³-hybridized carbons (Fsp3) is 0.750. The van der Waals surface area contributed by atoms with E-state index in [1.165, 1.54) is 0 Å². The Kier molecular flexibility index (Phi) is 2.81. The van der Waals surface area contributed by atoms with Crippen LogP contribution >= 0.6 is 0 Å². The SMILES string of the molecule is C[C@H](O)CN1C(=O)CCCC1=O. The second-order valence-electron chi connectivity index (χ2n) is 3.10. The van der Waals surface area contributed by atoms with Crippen molar-refractivity contribution in [3.63, 3.8) is 0 Å². The third kappa shape index (κ3) is 2.04. The van der Waals surface area contributed by atoms with Gasteiger partial charge in [0.2, 0.25) is 11.8 Å². The van der Waals surface area contributed by atoms with Crippen molar-refractivity contribution in [3.8, 4) is 0 Å². The zero-order valence-corrected chi connectivity index (χ0v) is 7.12. The summed E-state index contributed by atoms with van der Waals surface area (Å²) in [4.78, 5) is 23.4. The molecule has 0 bridgehead atoms. The highest BCUT2D eigenvalue weighted by molar-refractivity contribution is 5.97. The number of hydrogen-bond acceptors (Lipinski definition) is 3. The van der Waals surface area contributed by atoms with Crippen molar-refractivity contribution < 1.29 is 14.7 Å². The highest BCUT2D eigenvalue weighted by atomic mass is 16.3. The molecule has 0 aliphatic carbocycles. The third-order valence-corrected chi connectivity index (χ3v) is 1.83. The molecule has 0 aromatic carbocycles. The molecule has 1 atom stereocenters. The molecule has 0 saturated carbocycles. The fourth-order valence-corrected chi connectivity index (χ4v) is 1.27. The standard InChI is InChI=1S/C8H13NO3/c1-6(10)5-9-7(11)3-2-4-8(9)12/h6,10H,2-5H2,1H3/t6-/m0/s1. The van der Waals surface area contributed by atoms with Crippen molar-refractivity contribution in [1.29, 1.82) is 0 Å². The number of imide groups is 1. The molecule has 1 aliphatic rings. The van der Waals surface area contributed by atoms with Gasteiger partial charge in [0.15, 0.2) is 0 Å². The summed E-state index contributed by atoms with van der Waals surface area (Å²) < 4.78 is 0. The molecular weight excluding hydrogens is 158 g/mol. The van der Waals surface area contributed by atoms with Crippen molar-refractivity contribution >= 4 is 11.8 Å². The lowest BCUT2D eigenvalue weighted by Gasteiger charge is -2.25. The van der Waals surface area contributed by atoms with Crippen molar-refractivity contribution in [2.24, 2.45) is 0 Å². The lowest BCUT2D eigenvalue weighted by atomic mass is 10.1. The minimum absolute atomic E-state index is 0.137. The van der Waals surface area contributed by atoms with Crippen LogP contribution in [0.25, 0.3) is 0 Å². The summed E-state index contributed by atoms with van der Waals surface area (Å²) in [6, 6.07) is 0. The number of likely N-dealkylation sites (tertiary alicyclic amines) is 1. The minimum atomic E-state index is -0.629. The maximum Gasteiger partial charge on any atom is 0.229 e. The Labute approximate surface area is 71.2 Å². The summed E-state index contributed by atoms with van der Waals surface area (Å²) >= 11 is 0. The normalized spacial score (nSPS) is 21.3. The first kappa shape index (κ1) is 9.19. The fourth-order valence-electron chi connectivity index (χ4n) is 1.27. The van der Waals surface area contributed by atoms with Crippen LogP contribution in [0.3, 0.4) is 0 Å². The van der Waals surface area contributed by atoms with Crippen LogP contribution in [-0.2, 0) is 9.59 Å². The molecule has 0 aromatic heterocycles. The molecule has 1 N–H and O–H groups in total. The zero-order valence-electron chi connectivity index (χ0n) is 7.12. The Morgan fingerprint density at radius 3 is 2.33 bits per heavy atom. The summed E-state index contributed by atoms with van der Waals surface area (Å²) in [6.07, 6.45) is 0.876. The second-order valence-corrected chi connectivity index (χ2v) is 3.10. The van der Waals surface area contributed by atoms with Gasteiger partial charge in [-0.2, -0.15) is 0 Å². The summed E-state index contributed by atoms with van der Waals surface area (Å²) in [5, 5.41) is 8.99. The van der Waals surface area contributed by atoms with E-state index in [2.05, 4.69) is 0 Å². The molecule has 0 spiro atoms. The maximum atomic E-state index is 11.1. The van der Waals surface area contributed by atoms with Gasteiger partial charge in [-0.15, -0.1) is 0 Å². The average Bonchev–Trinajstić information content (AvgIpc) is 1.97. The van der Waals surface area contributed by atoms with Crippen LogP contribution in [0, 0.1) is 0 Å². The molecule has 4 nitrogen and oxygen atoms in total. The van der Waals surface area contributed by atoms with Crippen molar-refractivity contribution in [2.75, 3.05) is 6.54 Å². The number of β-amino-alcohol motifs (C(OH)–C–C–N with tert-alkyl or cyclic N) is 1. The lowest BCUT2D eigenvalue weighted by Crippen LogP contribution is -2.43. The predicted molar refractivity (Wildman–Crippen MR) is 42.3 cm³/mol. The summed E-state index contributed by atoms with van der Waals surface area (Å²) in [6.45, 7) is 1.70. The van der Waals surface area contributed by atoms with Gasteiger partial charge in [0.1, 0.15) is 0 Å². The van der Waals surface area contributed by atoms with Crippen LogP contribution in [0.4, 0.5) is 0 Å². The zero-order chi connectivity index (χ0) is 9.14. The Balaban J connectivity index is 2.57. The van der Waals surface area contributed by atoms with E-state index in [4.69, 9.17) is 5.11 Å². The Hall–Kier alpha value is -0.900. The second kappa shape index (κ2) is 3.67. The van der Waals surface area contributed by atoms with E-state index in [0.29, 0.717) is 19.3 Å². The monoisotopic (exact) mass is 171 g/mol. The lowest BCUT2D eigenvalue weighted by molar-refractivity contribution is -0.149. The first-order valence-corrected chi connectivity index (χ1v) is 4.12. The Bertz CT molecular complexity index is 184. The molecule has 0 unspecified atom stereocenters. The maximum absolute atomic E-state index is 11.1. The molecule has 1 saturated heterocycles. The smallest absolute Gasteiger partial charge is 0.229 e. The van der Waals surface area contributed by atoms with Crippen LogP contribution in [0.15, 0.2) is 0 Å². The number of rotatable bonds is 2. The van der Waals surface area contributed by atoms with Gasteiger partial charge in [0.25, 0.3) is 0 Å². The molecule has 1 heterocycles. The number of aliphatic hydroxyl groups is 1. The molecule has 12 heavy (non-hydrogen) atoms. The number of hydrogen-bond donors (Lipinski definition) is 1. The Morgan fingerprint density at radius 1 is 1.42 bits per heavy atom. The van der Waals surface area contributed by atoms with Crippen LogP contribution in [-0.4, -0.2) is 34.5 Å². The van der Waals surface area contributed by atoms with Crippen molar-refractivity contribution in [2.45, 2.75) is 32.3 Å². The topological polar surface area (TPSA) is 57.6 Å². The van der Waals surface area contributed by atoms with Gasteiger partial charge in [-0.05, 0) is 13.3 Å². The molecule has 68 valence electrons. The van der Waals surface area contributed by atoms with Crippen LogP contribution in [0.2, 0.25) is 0 Å². The summed E-state index contributed by atoms with van der Waals surface area (Å²) in [5.74, 6) is -0.320. The predicted octanol–water partition coefficient (Wildman–Crippen LogP) is -0.0937. The number of piperidine rings is 1. The Morgan fingerprint density at radius 2 is 1.92 bits per heavy atom. The molecule has 1 rings (SSSR count). The molecule has 0 radical (unpaired) electrons. The van der Waals surface area contributed by atoms with Gasteiger partial charge in [0.05, 0.1) is 12.6 Å². The van der Waals surface area contributed by atoms with Gasteiger partial charge in [0, 0.05) is 12.8 Å². The van der Waals surface area contributed by atoms with Crippen LogP contribution < -0.4 is 0 Å². The highest BCUT2D eigenvalue weighted by Crippen LogP contribution is 2.12. The number of aliphatic hydroxyl groups excluding tert-OH is 1. The summed E-state index contributed by atoms with van der Waals surface area (Å²) in [5.41, 5.74) is 0. The van der Waals surface area contributed by atoms with Gasteiger partial charge >= 0.3 is 0 Å². The van der Waals surface area contributed by atoms with Gasteiger partial charge in [-0.25, -0.2) is 0 Å². The van der Waals surface area contributed by atoms with Crippen LogP contribution in [0.5, 0.6) is 0 Å². The molecule has 2 amide bonds. The van der Waals surface area contributed by atoms with Gasteiger partial charge in [-0.3, -0.25) is 14.5 Å². The third-order valence-electron chi connectivity index (χ3n) is 1.83. The van der Waals surface area contributed by atoms with Gasteiger partial charge in [-0.1, -0.05) is 0 Å². The average molecular weight is 171 g/mol. The van der Waals surface area contributed by atoms with Crippen molar-refractivity contribution in [1.82, 2.24) is 4.90 Å².